The fourth-order valence-corrected chi connectivity index (χ4v) is 4.72. The number of aromatic nitrogens is 2. The number of anilines is 2. The molecule has 7 nitrogen and oxygen atoms in total. The molecule has 0 radical (unpaired) electrons. The predicted molar refractivity (Wildman–Crippen MR) is 101 cm³/mol. The van der Waals surface area contributed by atoms with Crippen LogP contribution in [-0.2, 0) is 9.84 Å². The Balaban J connectivity index is 1.71. The first-order valence-corrected chi connectivity index (χ1v) is 10.2. The Bertz CT molecular complexity index is 926. The molecule has 0 aliphatic carbocycles. The highest BCUT2D eigenvalue weighted by atomic mass is 32.2. The van der Waals surface area contributed by atoms with E-state index >= 15 is 0 Å². The molecule has 3 rings (SSSR count). The number of hydrogen-bond acceptors (Lipinski definition) is 6. The summed E-state index contributed by atoms with van der Waals surface area (Å²) in [4.78, 5) is 22.7. The fraction of sp³-hybridized carbons (Fsp3) is 0.389. The molecule has 1 N–H and O–H groups in total. The first kappa shape index (κ1) is 18.3. The van der Waals surface area contributed by atoms with Crippen molar-refractivity contribution in [2.24, 2.45) is 0 Å². The maximum atomic E-state index is 12.4. The number of hydrogen-bond donors (Lipinski definition) is 1. The standard InChI is InChI=1S/C18H22N4O3S/c1-12-4-5-13(2)15(8-12)21-18(23)16-9-20-17(10-19-16)22(3)14-6-7-26(24,25)11-14/h4-5,8-10,14H,6-7,11H2,1-3H3,(H,21,23). The summed E-state index contributed by atoms with van der Waals surface area (Å²) in [6.45, 7) is 3.89. The molecule has 1 saturated heterocycles. The van der Waals surface area contributed by atoms with Gasteiger partial charge >= 0.3 is 0 Å². The summed E-state index contributed by atoms with van der Waals surface area (Å²) < 4.78 is 23.3. The molecule has 1 aliphatic rings. The Morgan fingerprint density at radius 1 is 1.23 bits per heavy atom. The van der Waals surface area contributed by atoms with Crippen molar-refractivity contribution in [1.29, 1.82) is 0 Å². The second-order valence-corrected chi connectivity index (χ2v) is 8.93. The van der Waals surface area contributed by atoms with Gasteiger partial charge in [0.1, 0.15) is 11.5 Å². The van der Waals surface area contributed by atoms with Crippen LogP contribution in [0.5, 0.6) is 0 Å². The number of carbonyl (C=O) groups excluding carboxylic acids is 1. The van der Waals surface area contributed by atoms with Gasteiger partial charge in [-0.1, -0.05) is 12.1 Å². The van der Waals surface area contributed by atoms with E-state index in [1.165, 1.54) is 12.4 Å². The van der Waals surface area contributed by atoms with Gasteiger partial charge < -0.3 is 10.2 Å². The monoisotopic (exact) mass is 374 g/mol. The molecule has 0 bridgehead atoms. The van der Waals surface area contributed by atoms with Gasteiger partial charge in [0, 0.05) is 18.8 Å². The number of nitrogens with one attached hydrogen (secondary N) is 1. The first-order valence-electron chi connectivity index (χ1n) is 8.39. The van der Waals surface area contributed by atoms with Crippen molar-refractivity contribution in [3.63, 3.8) is 0 Å². The van der Waals surface area contributed by atoms with Crippen LogP contribution in [-0.4, -0.2) is 48.9 Å². The van der Waals surface area contributed by atoms with Crippen LogP contribution in [0.4, 0.5) is 11.5 Å². The lowest BCUT2D eigenvalue weighted by Crippen LogP contribution is -2.33. The summed E-state index contributed by atoms with van der Waals surface area (Å²) in [5.41, 5.74) is 2.98. The zero-order valence-corrected chi connectivity index (χ0v) is 15.9. The molecule has 26 heavy (non-hydrogen) atoms. The molecule has 1 atom stereocenters. The number of benzene rings is 1. The van der Waals surface area contributed by atoms with Gasteiger partial charge in [-0.25, -0.2) is 18.4 Å². The van der Waals surface area contributed by atoms with Gasteiger partial charge in [-0.05, 0) is 37.5 Å². The van der Waals surface area contributed by atoms with Crippen LogP contribution in [0.1, 0.15) is 28.0 Å². The third-order valence-electron chi connectivity index (χ3n) is 4.63. The molecule has 1 fully saturated rings. The molecule has 8 heteroatoms. The largest absolute Gasteiger partial charge is 0.354 e. The van der Waals surface area contributed by atoms with Crippen molar-refractivity contribution >= 4 is 27.2 Å². The average molecular weight is 374 g/mol. The van der Waals surface area contributed by atoms with Crippen molar-refractivity contribution in [1.82, 2.24) is 9.97 Å². The van der Waals surface area contributed by atoms with Crippen molar-refractivity contribution in [3.8, 4) is 0 Å². The lowest BCUT2D eigenvalue weighted by Gasteiger charge is -2.24. The Labute approximate surface area is 153 Å². The van der Waals surface area contributed by atoms with Crippen LogP contribution in [0.25, 0.3) is 0 Å². The highest BCUT2D eigenvalue weighted by Crippen LogP contribution is 2.21. The highest BCUT2D eigenvalue weighted by molar-refractivity contribution is 7.91. The number of rotatable bonds is 4. The Morgan fingerprint density at radius 2 is 2.00 bits per heavy atom. The normalized spacial score (nSPS) is 18.5. The number of amides is 1. The number of aryl methyl sites for hydroxylation is 2. The maximum absolute atomic E-state index is 12.4. The quantitative estimate of drug-likeness (QED) is 0.880. The molecular formula is C18H22N4O3S. The van der Waals surface area contributed by atoms with E-state index in [1.807, 2.05) is 36.9 Å². The van der Waals surface area contributed by atoms with Crippen molar-refractivity contribution in [2.45, 2.75) is 26.3 Å². The molecule has 0 spiro atoms. The summed E-state index contributed by atoms with van der Waals surface area (Å²) in [6.07, 6.45) is 3.49. The smallest absolute Gasteiger partial charge is 0.275 e. The van der Waals surface area contributed by atoms with Crippen LogP contribution in [0.15, 0.2) is 30.6 Å². The lowest BCUT2D eigenvalue weighted by molar-refractivity contribution is 0.102. The van der Waals surface area contributed by atoms with E-state index in [0.717, 1.165) is 16.8 Å². The minimum absolute atomic E-state index is 0.107. The van der Waals surface area contributed by atoms with E-state index in [1.54, 1.807) is 7.05 Å². The van der Waals surface area contributed by atoms with E-state index in [0.29, 0.717) is 12.2 Å². The molecule has 1 aliphatic heterocycles. The van der Waals surface area contributed by atoms with Crippen LogP contribution >= 0.6 is 0 Å². The summed E-state index contributed by atoms with van der Waals surface area (Å²) in [6, 6.07) is 5.73. The van der Waals surface area contributed by atoms with Gasteiger partial charge in [-0.15, -0.1) is 0 Å². The number of nitrogens with zero attached hydrogens (tertiary/aromatic N) is 3. The topological polar surface area (TPSA) is 92.3 Å². The summed E-state index contributed by atoms with van der Waals surface area (Å²) in [5.74, 6) is 0.547. The average Bonchev–Trinajstić information content (AvgIpc) is 2.97. The maximum Gasteiger partial charge on any atom is 0.275 e. The minimum atomic E-state index is -2.97. The third-order valence-corrected chi connectivity index (χ3v) is 6.38. The molecule has 1 aromatic heterocycles. The van der Waals surface area contributed by atoms with E-state index < -0.39 is 9.84 Å². The van der Waals surface area contributed by atoms with Gasteiger partial charge in [-0.3, -0.25) is 4.79 Å². The van der Waals surface area contributed by atoms with Crippen LogP contribution < -0.4 is 10.2 Å². The molecule has 2 heterocycles. The van der Waals surface area contributed by atoms with Gasteiger partial charge in [0.2, 0.25) is 0 Å². The highest BCUT2D eigenvalue weighted by Gasteiger charge is 2.31. The van der Waals surface area contributed by atoms with Crippen molar-refractivity contribution in [2.75, 3.05) is 28.8 Å². The van der Waals surface area contributed by atoms with E-state index in [4.69, 9.17) is 0 Å². The SMILES string of the molecule is Cc1ccc(C)c(NC(=O)c2cnc(N(C)C3CCS(=O)(=O)C3)cn2)c1. The van der Waals surface area contributed by atoms with E-state index in [-0.39, 0.29) is 29.1 Å². The Morgan fingerprint density at radius 3 is 2.62 bits per heavy atom. The summed E-state index contributed by atoms with van der Waals surface area (Å²) in [7, 11) is -1.17. The fourth-order valence-electron chi connectivity index (χ4n) is 2.95. The third kappa shape index (κ3) is 4.01. The molecule has 1 amide bonds. The molecule has 138 valence electrons. The van der Waals surface area contributed by atoms with Gasteiger partial charge in [0.25, 0.3) is 5.91 Å². The first-order chi connectivity index (χ1) is 12.2. The second-order valence-electron chi connectivity index (χ2n) is 6.70. The van der Waals surface area contributed by atoms with Gasteiger partial charge in [0.15, 0.2) is 9.84 Å². The van der Waals surface area contributed by atoms with E-state index in [2.05, 4.69) is 15.3 Å². The van der Waals surface area contributed by atoms with Crippen molar-refractivity contribution < 1.29 is 13.2 Å². The summed E-state index contributed by atoms with van der Waals surface area (Å²) in [5, 5.41) is 2.85. The van der Waals surface area contributed by atoms with Crippen LogP contribution in [0.2, 0.25) is 0 Å². The Kier molecular flexibility index (Phi) is 4.95. The van der Waals surface area contributed by atoms with Crippen LogP contribution in [0.3, 0.4) is 0 Å². The van der Waals surface area contributed by atoms with E-state index in [9.17, 15) is 13.2 Å². The Hall–Kier alpha value is -2.48. The minimum Gasteiger partial charge on any atom is -0.354 e. The second kappa shape index (κ2) is 7.03. The molecule has 2 aromatic rings. The molecule has 1 unspecified atom stereocenters. The lowest BCUT2D eigenvalue weighted by atomic mass is 10.1. The molecule has 0 saturated carbocycles. The summed E-state index contributed by atoms with van der Waals surface area (Å²) >= 11 is 0. The van der Waals surface area contributed by atoms with Gasteiger partial charge in [0.05, 0.1) is 23.9 Å². The number of carbonyl (C=O) groups is 1. The zero-order chi connectivity index (χ0) is 18.9. The molecule has 1 aromatic carbocycles. The van der Waals surface area contributed by atoms with Crippen molar-refractivity contribution in [3.05, 3.63) is 47.4 Å². The zero-order valence-electron chi connectivity index (χ0n) is 15.1. The molecular weight excluding hydrogens is 352 g/mol. The predicted octanol–water partition coefficient (Wildman–Crippen LogP) is 1.97. The van der Waals surface area contributed by atoms with Crippen LogP contribution in [0, 0.1) is 13.8 Å². The number of sulfone groups is 1. The van der Waals surface area contributed by atoms with Gasteiger partial charge in [-0.2, -0.15) is 0 Å².